The van der Waals surface area contributed by atoms with Gasteiger partial charge in [-0.25, -0.2) is 0 Å². The number of furan rings is 1. The number of nitrogens with zero attached hydrogens (tertiary/aromatic N) is 1. The van der Waals surface area contributed by atoms with Crippen LogP contribution in [0.5, 0.6) is 0 Å². The monoisotopic (exact) mass is 352 g/mol. The van der Waals surface area contributed by atoms with Crippen molar-refractivity contribution in [3.05, 3.63) is 24.2 Å². The highest BCUT2D eigenvalue weighted by atomic mass is 16.5. The third kappa shape index (κ3) is 5.28. The van der Waals surface area contributed by atoms with E-state index in [0.29, 0.717) is 13.2 Å². The smallest absolute Gasteiger partial charge is 0.223 e. The normalized spacial score (nSPS) is 25.8. The average Bonchev–Trinajstić information content (AvgIpc) is 3.14. The quantitative estimate of drug-likeness (QED) is 0.754. The number of likely N-dealkylation sites (tertiary alicyclic amines) is 1. The molecule has 0 spiro atoms. The number of ether oxygens (including phenoxy) is 2. The van der Waals surface area contributed by atoms with Crippen LogP contribution in [0.4, 0.5) is 0 Å². The van der Waals surface area contributed by atoms with Crippen LogP contribution in [-0.2, 0) is 20.8 Å². The maximum absolute atomic E-state index is 12.6. The molecule has 1 aromatic rings. The number of hydrogen-bond donors (Lipinski definition) is 2. The fourth-order valence-electron chi connectivity index (χ4n) is 3.52. The van der Waals surface area contributed by atoms with E-state index in [1.807, 2.05) is 12.1 Å². The molecule has 25 heavy (non-hydrogen) atoms. The minimum Gasteiger partial charge on any atom is -0.468 e. The van der Waals surface area contributed by atoms with Gasteiger partial charge in [0.25, 0.3) is 0 Å². The summed E-state index contributed by atoms with van der Waals surface area (Å²) < 4.78 is 16.4. The first-order valence-electron chi connectivity index (χ1n) is 9.11. The molecule has 2 fully saturated rings. The Labute approximate surface area is 148 Å². The maximum Gasteiger partial charge on any atom is 0.223 e. The molecule has 0 aromatic carbocycles. The first-order chi connectivity index (χ1) is 12.3. The summed E-state index contributed by atoms with van der Waals surface area (Å²) in [5.41, 5.74) is 0. The predicted octanol–water partition coefficient (Wildman–Crippen LogP) is 0.774. The fraction of sp³-hybridized carbons (Fsp3) is 0.722. The molecule has 3 rings (SSSR count). The molecule has 1 amide bonds. The number of amides is 1. The van der Waals surface area contributed by atoms with Crippen LogP contribution in [0.2, 0.25) is 0 Å². The van der Waals surface area contributed by atoms with Gasteiger partial charge in [0, 0.05) is 12.5 Å². The minimum atomic E-state index is -0.177. The maximum atomic E-state index is 12.6. The lowest BCUT2D eigenvalue weighted by atomic mass is 9.94. The van der Waals surface area contributed by atoms with Crippen LogP contribution in [0.15, 0.2) is 22.8 Å². The highest BCUT2D eigenvalue weighted by molar-refractivity contribution is 5.79. The molecule has 2 saturated heterocycles. The van der Waals surface area contributed by atoms with Gasteiger partial charge in [-0.2, -0.15) is 0 Å². The van der Waals surface area contributed by atoms with Crippen LogP contribution in [0.25, 0.3) is 0 Å². The third-order valence-electron chi connectivity index (χ3n) is 4.97. The zero-order valence-electron chi connectivity index (χ0n) is 14.6. The van der Waals surface area contributed by atoms with Crippen molar-refractivity contribution < 1.29 is 23.8 Å². The zero-order valence-corrected chi connectivity index (χ0v) is 14.6. The van der Waals surface area contributed by atoms with Gasteiger partial charge in [-0.1, -0.05) is 0 Å². The summed E-state index contributed by atoms with van der Waals surface area (Å²) in [4.78, 5) is 14.9. The lowest BCUT2D eigenvalue weighted by molar-refractivity contribution is -0.131. The molecule has 2 aliphatic heterocycles. The van der Waals surface area contributed by atoms with Crippen molar-refractivity contribution in [1.29, 1.82) is 0 Å². The second-order valence-electron chi connectivity index (χ2n) is 6.74. The predicted molar refractivity (Wildman–Crippen MR) is 90.9 cm³/mol. The molecule has 0 unspecified atom stereocenters. The summed E-state index contributed by atoms with van der Waals surface area (Å²) in [6, 6.07) is 3.85. The van der Waals surface area contributed by atoms with Crippen molar-refractivity contribution in [1.82, 2.24) is 10.2 Å². The number of carbonyl (C=O) groups excluding carboxylic acids is 1. The van der Waals surface area contributed by atoms with Crippen LogP contribution in [0.3, 0.4) is 0 Å². The van der Waals surface area contributed by atoms with Crippen molar-refractivity contribution in [3.8, 4) is 0 Å². The number of nitrogens with one attached hydrogen (secondary N) is 1. The van der Waals surface area contributed by atoms with Crippen molar-refractivity contribution >= 4 is 5.91 Å². The first kappa shape index (κ1) is 18.4. The summed E-state index contributed by atoms with van der Waals surface area (Å²) >= 11 is 0. The lowest BCUT2D eigenvalue weighted by Gasteiger charge is -2.35. The number of carbonyl (C=O) groups is 1. The summed E-state index contributed by atoms with van der Waals surface area (Å²) in [7, 11) is 0. The molecule has 2 aliphatic rings. The Kier molecular flexibility index (Phi) is 6.86. The number of rotatable bonds is 7. The Morgan fingerprint density at radius 1 is 1.36 bits per heavy atom. The lowest BCUT2D eigenvalue weighted by Crippen LogP contribution is -2.52. The molecule has 0 aliphatic carbocycles. The molecule has 0 radical (unpaired) electrons. The molecule has 2 atom stereocenters. The Morgan fingerprint density at radius 2 is 2.20 bits per heavy atom. The van der Waals surface area contributed by atoms with Crippen LogP contribution in [0, 0.1) is 5.92 Å². The Balaban J connectivity index is 1.43. The van der Waals surface area contributed by atoms with Crippen LogP contribution >= 0.6 is 0 Å². The molecule has 7 heteroatoms. The van der Waals surface area contributed by atoms with Gasteiger partial charge in [0.1, 0.15) is 11.9 Å². The van der Waals surface area contributed by atoms with Gasteiger partial charge in [-0.05, 0) is 44.5 Å². The molecule has 140 valence electrons. The van der Waals surface area contributed by atoms with E-state index < -0.39 is 0 Å². The molecule has 3 heterocycles. The van der Waals surface area contributed by atoms with E-state index in [0.717, 1.165) is 44.7 Å². The standard InChI is InChI=1S/C18H28N2O5/c21-8-11-25-17-13-23-10-5-16(17)19-18(22)14-3-6-20(7-4-14)12-15-2-1-9-24-15/h1-2,9,14,16-17,21H,3-8,10-13H2,(H,19,22)/t16-,17-/m1/s1. The second-order valence-corrected chi connectivity index (χ2v) is 6.74. The summed E-state index contributed by atoms with van der Waals surface area (Å²) in [6.45, 7) is 3.95. The second kappa shape index (κ2) is 9.33. The van der Waals surface area contributed by atoms with Crippen LogP contribution < -0.4 is 5.32 Å². The molecular weight excluding hydrogens is 324 g/mol. The highest BCUT2D eigenvalue weighted by Crippen LogP contribution is 2.21. The number of hydrogen-bond acceptors (Lipinski definition) is 6. The van der Waals surface area contributed by atoms with E-state index in [2.05, 4.69) is 10.2 Å². The first-order valence-corrected chi connectivity index (χ1v) is 9.11. The average molecular weight is 352 g/mol. The van der Waals surface area contributed by atoms with Crippen molar-refractivity contribution in [2.24, 2.45) is 5.92 Å². The largest absolute Gasteiger partial charge is 0.468 e. The van der Waals surface area contributed by atoms with Crippen molar-refractivity contribution in [3.63, 3.8) is 0 Å². The van der Waals surface area contributed by atoms with Gasteiger partial charge in [-0.15, -0.1) is 0 Å². The van der Waals surface area contributed by atoms with E-state index in [9.17, 15) is 4.79 Å². The summed E-state index contributed by atoms with van der Waals surface area (Å²) in [5, 5.41) is 12.1. The van der Waals surface area contributed by atoms with Gasteiger partial charge >= 0.3 is 0 Å². The van der Waals surface area contributed by atoms with E-state index in [1.54, 1.807) is 6.26 Å². The van der Waals surface area contributed by atoms with Crippen LogP contribution in [-0.4, -0.2) is 67.6 Å². The molecule has 0 saturated carbocycles. The molecule has 0 bridgehead atoms. The topological polar surface area (TPSA) is 84.2 Å². The third-order valence-corrected chi connectivity index (χ3v) is 4.97. The zero-order chi connectivity index (χ0) is 17.5. The number of aliphatic hydroxyl groups excluding tert-OH is 1. The highest BCUT2D eigenvalue weighted by Gasteiger charge is 2.31. The molecule has 1 aromatic heterocycles. The van der Waals surface area contributed by atoms with E-state index in [1.165, 1.54) is 0 Å². The molecule has 2 N–H and O–H groups in total. The Bertz CT molecular complexity index is 514. The fourth-order valence-corrected chi connectivity index (χ4v) is 3.52. The van der Waals surface area contributed by atoms with Gasteiger partial charge in [0.15, 0.2) is 0 Å². The van der Waals surface area contributed by atoms with E-state index in [4.69, 9.17) is 19.0 Å². The summed E-state index contributed by atoms with van der Waals surface area (Å²) in [5.74, 6) is 1.13. The van der Waals surface area contributed by atoms with Gasteiger partial charge < -0.3 is 24.3 Å². The summed E-state index contributed by atoms with van der Waals surface area (Å²) in [6.07, 6.45) is 3.98. The van der Waals surface area contributed by atoms with Crippen molar-refractivity contribution in [2.75, 3.05) is 39.5 Å². The Hall–Kier alpha value is -1.41. The van der Waals surface area contributed by atoms with Gasteiger partial charge in [0.2, 0.25) is 5.91 Å². The SMILES string of the molecule is O=C(N[C@@H]1CCOC[C@H]1OCCO)C1CCN(Cc2ccco2)CC1. The number of aliphatic hydroxyl groups is 1. The Morgan fingerprint density at radius 3 is 2.92 bits per heavy atom. The van der Waals surface area contributed by atoms with Gasteiger partial charge in [0.05, 0.1) is 38.7 Å². The molecular formula is C18H28N2O5. The number of piperidine rings is 1. The van der Waals surface area contributed by atoms with Gasteiger partial charge in [-0.3, -0.25) is 9.69 Å². The molecule has 7 nitrogen and oxygen atoms in total. The van der Waals surface area contributed by atoms with E-state index in [-0.39, 0.29) is 37.2 Å². The van der Waals surface area contributed by atoms with Crippen molar-refractivity contribution in [2.45, 2.75) is 38.0 Å². The van der Waals surface area contributed by atoms with Crippen LogP contribution in [0.1, 0.15) is 25.0 Å². The minimum absolute atomic E-state index is 0.0225. The van der Waals surface area contributed by atoms with E-state index >= 15 is 0 Å².